The Morgan fingerprint density at radius 1 is 1.09 bits per heavy atom. The van der Waals surface area contributed by atoms with Gasteiger partial charge >= 0.3 is 5.97 Å². The van der Waals surface area contributed by atoms with Crippen LogP contribution in [0.2, 0.25) is 0 Å². The van der Waals surface area contributed by atoms with Gasteiger partial charge in [0.05, 0.1) is 16.5 Å². The lowest BCUT2D eigenvalue weighted by Gasteiger charge is -2.65. The Bertz CT molecular complexity index is 897. The van der Waals surface area contributed by atoms with Crippen LogP contribution in [0.3, 0.4) is 0 Å². The van der Waals surface area contributed by atoms with E-state index in [1.54, 1.807) is 13.8 Å². The molecule has 5 fully saturated rings. The molecule has 4 saturated carbocycles. The van der Waals surface area contributed by atoms with E-state index in [2.05, 4.69) is 29.8 Å². The summed E-state index contributed by atoms with van der Waals surface area (Å²) in [5.74, 6) is -1.12. The minimum absolute atomic E-state index is 0.0950. The van der Waals surface area contributed by atoms with Crippen LogP contribution in [0.15, 0.2) is 0 Å². The van der Waals surface area contributed by atoms with E-state index in [1.807, 2.05) is 0 Å². The molecule has 5 aliphatic rings. The smallest absolute Gasteiger partial charge is 0.302 e. The van der Waals surface area contributed by atoms with E-state index in [-0.39, 0.29) is 29.3 Å². The molecule has 8 heteroatoms. The fraction of sp³-hybridized carbons (Fsp3) is 0.923. The number of hydrogen-bond donors (Lipinski definition) is 1. The van der Waals surface area contributed by atoms with Crippen LogP contribution in [-0.4, -0.2) is 57.6 Å². The summed E-state index contributed by atoms with van der Waals surface area (Å²) in [6.07, 6.45) is 3.77. The number of halogens is 2. The first-order valence-electron chi connectivity index (χ1n) is 12.8. The Kier molecular flexibility index (Phi) is 5.70. The lowest BCUT2D eigenvalue weighted by molar-refractivity contribution is -0.224. The van der Waals surface area contributed by atoms with Crippen LogP contribution in [0.25, 0.3) is 0 Å². The van der Waals surface area contributed by atoms with E-state index in [1.165, 1.54) is 6.92 Å². The zero-order chi connectivity index (χ0) is 24.9. The Labute approximate surface area is 209 Å². The molecule has 192 valence electrons. The van der Waals surface area contributed by atoms with Gasteiger partial charge in [0.25, 0.3) is 0 Å². The van der Waals surface area contributed by atoms with Crippen LogP contribution in [0.4, 0.5) is 4.39 Å². The predicted octanol–water partition coefficient (Wildman–Crippen LogP) is 4.49. The summed E-state index contributed by atoms with van der Waals surface area (Å²) >= 11 is 3.99. The number of alkyl halides is 2. The van der Waals surface area contributed by atoms with Crippen LogP contribution >= 0.6 is 15.9 Å². The normalized spacial score (nSPS) is 53.3. The molecule has 6 nitrogen and oxygen atoms in total. The summed E-state index contributed by atoms with van der Waals surface area (Å²) in [7, 11) is 0. The molecule has 0 aromatic rings. The molecule has 5 rings (SSSR count). The van der Waals surface area contributed by atoms with Crippen LogP contribution in [0, 0.1) is 28.6 Å². The number of carbonyl (C=O) groups is 2. The monoisotopic (exact) mass is 544 g/mol. The van der Waals surface area contributed by atoms with Crippen molar-refractivity contribution in [3.8, 4) is 0 Å². The molecule has 0 aromatic heterocycles. The molecule has 1 N–H and O–H groups in total. The molecule has 1 saturated heterocycles. The van der Waals surface area contributed by atoms with Crippen LogP contribution in [0.5, 0.6) is 0 Å². The zero-order valence-electron chi connectivity index (χ0n) is 20.9. The Morgan fingerprint density at radius 3 is 2.41 bits per heavy atom. The lowest BCUT2D eigenvalue weighted by atomic mass is 9.43. The number of ether oxygens (including phenoxy) is 3. The maximum atomic E-state index is 13.9. The van der Waals surface area contributed by atoms with Gasteiger partial charge in [0.2, 0.25) is 0 Å². The third-order valence-electron chi connectivity index (χ3n) is 10.6. The largest absolute Gasteiger partial charge is 0.463 e. The second kappa shape index (κ2) is 7.72. The predicted molar refractivity (Wildman–Crippen MR) is 126 cm³/mol. The number of esters is 1. The number of aliphatic hydroxyl groups is 1. The van der Waals surface area contributed by atoms with Gasteiger partial charge in [0.15, 0.2) is 23.8 Å². The minimum atomic E-state index is -1.28. The highest BCUT2D eigenvalue weighted by Crippen LogP contribution is 2.73. The second-order valence-corrected chi connectivity index (χ2v) is 13.9. The summed E-state index contributed by atoms with van der Waals surface area (Å²) < 4.78 is 31.6. The zero-order valence-corrected chi connectivity index (χ0v) is 22.5. The van der Waals surface area contributed by atoms with Crippen molar-refractivity contribution < 1.29 is 33.3 Å². The van der Waals surface area contributed by atoms with Crippen molar-refractivity contribution in [1.29, 1.82) is 0 Å². The minimum Gasteiger partial charge on any atom is -0.463 e. The number of fused-ring (bicyclic) bond motifs is 7. The van der Waals surface area contributed by atoms with E-state index < -0.39 is 45.8 Å². The molecule has 0 spiro atoms. The Hall–Kier alpha value is -0.570. The topological polar surface area (TPSA) is 82.1 Å². The summed E-state index contributed by atoms with van der Waals surface area (Å²) in [4.78, 5) is 24.8. The number of rotatable bonds is 3. The molecular weight excluding hydrogens is 507 g/mol. The molecule has 0 unspecified atom stereocenters. The maximum absolute atomic E-state index is 13.9. The van der Waals surface area contributed by atoms with Crippen molar-refractivity contribution >= 4 is 27.7 Å². The molecule has 0 radical (unpaired) electrons. The number of carbonyl (C=O) groups excluding carboxylic acids is 2. The third-order valence-corrected chi connectivity index (χ3v) is 12.4. The van der Waals surface area contributed by atoms with Gasteiger partial charge in [-0.25, -0.2) is 4.39 Å². The summed E-state index contributed by atoms with van der Waals surface area (Å²) in [5, 5.41) is 11.6. The Balaban J connectivity index is 1.50. The van der Waals surface area contributed by atoms with Gasteiger partial charge in [0, 0.05) is 18.8 Å². The van der Waals surface area contributed by atoms with Gasteiger partial charge in [-0.2, -0.15) is 0 Å². The highest BCUT2D eigenvalue weighted by Gasteiger charge is 2.77. The van der Waals surface area contributed by atoms with Crippen molar-refractivity contribution in [1.82, 2.24) is 0 Å². The fourth-order valence-corrected chi connectivity index (χ4v) is 10.3. The number of Topliss-reactive ketones (excluding diaryl/α,β-unsaturated/α-hetero) is 1. The van der Waals surface area contributed by atoms with Crippen molar-refractivity contribution in [2.45, 2.75) is 114 Å². The molecule has 34 heavy (non-hydrogen) atoms. The van der Waals surface area contributed by atoms with Crippen LogP contribution < -0.4 is 0 Å². The number of ketones is 1. The van der Waals surface area contributed by atoms with Crippen LogP contribution in [-0.2, 0) is 23.8 Å². The van der Waals surface area contributed by atoms with E-state index >= 15 is 0 Å². The average Bonchev–Trinajstić information content (AvgIpc) is 3.15. The highest BCUT2D eigenvalue weighted by atomic mass is 79.9. The molecule has 1 aliphatic heterocycles. The molecule has 4 aliphatic carbocycles. The van der Waals surface area contributed by atoms with Gasteiger partial charge in [-0.15, -0.1) is 0 Å². The highest BCUT2D eigenvalue weighted by molar-refractivity contribution is 9.10. The molecule has 1 heterocycles. The van der Waals surface area contributed by atoms with Crippen molar-refractivity contribution in [3.63, 3.8) is 0 Å². The van der Waals surface area contributed by atoms with Crippen molar-refractivity contribution in [2.24, 2.45) is 28.6 Å². The fourth-order valence-electron chi connectivity index (χ4n) is 9.24. The van der Waals surface area contributed by atoms with Gasteiger partial charge < -0.3 is 19.3 Å². The molecule has 0 bridgehead atoms. The van der Waals surface area contributed by atoms with E-state index in [0.717, 1.165) is 25.7 Å². The third kappa shape index (κ3) is 3.07. The van der Waals surface area contributed by atoms with E-state index in [4.69, 9.17) is 14.2 Å². The SMILES string of the molecule is CC(=O)O[C@H]1CC[C@]2(C)[C@H]3CC[C@@]4(C)[C@@H](C[C@H]5OC(C)(C)O[C@]54C(=O)CF)[C@@H]3C[C@@H](O)[C@@]2(Br)C1. The Morgan fingerprint density at radius 2 is 1.76 bits per heavy atom. The van der Waals surface area contributed by atoms with Gasteiger partial charge in [-0.3, -0.25) is 9.59 Å². The van der Waals surface area contributed by atoms with Gasteiger partial charge in [0.1, 0.15) is 6.10 Å². The van der Waals surface area contributed by atoms with Gasteiger partial charge in [-0.1, -0.05) is 29.8 Å². The molecule has 0 aromatic carbocycles. The summed E-state index contributed by atoms with van der Waals surface area (Å²) in [6, 6.07) is 0. The average molecular weight is 545 g/mol. The number of aliphatic hydroxyl groups excluding tert-OH is 1. The molecular formula is C26H38BrFO6. The lowest BCUT2D eigenvalue weighted by Crippen LogP contribution is -2.67. The van der Waals surface area contributed by atoms with Crippen molar-refractivity contribution in [3.05, 3.63) is 0 Å². The van der Waals surface area contributed by atoms with E-state index in [0.29, 0.717) is 25.2 Å². The quantitative estimate of drug-likeness (QED) is 0.416. The first kappa shape index (κ1) is 25.1. The summed E-state index contributed by atoms with van der Waals surface area (Å²) in [6.45, 7) is 8.33. The molecule has 10 atom stereocenters. The summed E-state index contributed by atoms with van der Waals surface area (Å²) in [5.41, 5.74) is -2.01. The standard InChI is InChI=1S/C26H38BrFO6/c1-14(29)32-15-6-8-23(4)17-7-9-24(5)18(16(17)10-19(30)25(23,27)12-15)11-21-26(24,20(31)13-28)34-22(2,3)33-21/h15-19,21,30H,6-13H2,1-5H3/t15-,16+,17-,18-,19+,21+,23+,24-,25-,26+/m0/s1. The van der Waals surface area contributed by atoms with Crippen LogP contribution in [0.1, 0.15) is 79.6 Å². The maximum Gasteiger partial charge on any atom is 0.302 e. The molecule has 0 amide bonds. The van der Waals surface area contributed by atoms with E-state index in [9.17, 15) is 19.1 Å². The number of hydrogen-bond acceptors (Lipinski definition) is 6. The first-order valence-corrected chi connectivity index (χ1v) is 13.5. The second-order valence-electron chi connectivity index (χ2n) is 12.5. The van der Waals surface area contributed by atoms with Crippen molar-refractivity contribution in [2.75, 3.05) is 6.67 Å². The first-order chi connectivity index (χ1) is 15.7. The van der Waals surface area contributed by atoms with Gasteiger partial charge in [-0.05, 0) is 75.5 Å².